The van der Waals surface area contributed by atoms with Gasteiger partial charge in [-0.05, 0) is 43.2 Å². The van der Waals surface area contributed by atoms with Crippen molar-refractivity contribution in [1.29, 1.82) is 0 Å². The molecule has 2 N–H and O–H groups in total. The van der Waals surface area contributed by atoms with Crippen LogP contribution in [0.5, 0.6) is 0 Å². The Balaban J connectivity index is 1.45. The molecule has 162 valence electrons. The average molecular weight is 456 g/mol. The summed E-state index contributed by atoms with van der Waals surface area (Å²) >= 11 is 3.01. The van der Waals surface area contributed by atoms with Crippen LogP contribution in [0.25, 0.3) is 0 Å². The number of benzene rings is 1. The molecule has 1 atom stereocenters. The first-order valence-corrected chi connectivity index (χ1v) is 12.1. The minimum absolute atomic E-state index is 0.205. The number of nitrogens with zero attached hydrogens (tertiary/aromatic N) is 3. The normalized spacial score (nSPS) is 14.2. The molecule has 0 radical (unpaired) electrons. The van der Waals surface area contributed by atoms with Crippen molar-refractivity contribution in [2.24, 2.45) is 0 Å². The highest BCUT2D eigenvalue weighted by molar-refractivity contribution is 8.00. The van der Waals surface area contributed by atoms with Crippen LogP contribution in [-0.4, -0.2) is 38.0 Å². The SMILES string of the molecule is CC(Sc1nnc(Cc2cccs2)n1CCc1ccccc1)C(=O)NC(=O)NC1CC1. The first-order chi connectivity index (χ1) is 15.1. The van der Waals surface area contributed by atoms with Gasteiger partial charge >= 0.3 is 6.03 Å². The van der Waals surface area contributed by atoms with Crippen molar-refractivity contribution in [2.75, 3.05) is 0 Å². The van der Waals surface area contributed by atoms with Gasteiger partial charge in [-0.15, -0.1) is 21.5 Å². The maximum absolute atomic E-state index is 12.5. The number of aromatic nitrogens is 3. The second-order valence-corrected chi connectivity index (χ2v) is 9.88. The number of hydrogen-bond donors (Lipinski definition) is 2. The second kappa shape index (κ2) is 10.1. The topological polar surface area (TPSA) is 88.9 Å². The Kier molecular flexibility index (Phi) is 7.03. The third-order valence-corrected chi connectivity index (χ3v) is 6.93. The van der Waals surface area contributed by atoms with E-state index in [-0.39, 0.29) is 11.9 Å². The number of thiophene rings is 1. The van der Waals surface area contributed by atoms with E-state index in [1.54, 1.807) is 18.3 Å². The van der Waals surface area contributed by atoms with Crippen molar-refractivity contribution in [3.8, 4) is 0 Å². The highest BCUT2D eigenvalue weighted by Gasteiger charge is 2.26. The van der Waals surface area contributed by atoms with Crippen LogP contribution in [0.15, 0.2) is 53.0 Å². The molecule has 0 bridgehead atoms. The summed E-state index contributed by atoms with van der Waals surface area (Å²) in [6.45, 7) is 2.50. The van der Waals surface area contributed by atoms with Gasteiger partial charge in [0.05, 0.1) is 5.25 Å². The molecular weight excluding hydrogens is 430 g/mol. The second-order valence-electron chi connectivity index (χ2n) is 7.54. The predicted octanol–water partition coefficient (Wildman–Crippen LogP) is 3.64. The van der Waals surface area contributed by atoms with Gasteiger partial charge in [0.2, 0.25) is 5.91 Å². The van der Waals surface area contributed by atoms with Crippen LogP contribution in [0.1, 0.15) is 36.0 Å². The lowest BCUT2D eigenvalue weighted by atomic mass is 10.1. The minimum atomic E-state index is -0.473. The zero-order valence-corrected chi connectivity index (χ0v) is 18.9. The van der Waals surface area contributed by atoms with Crippen molar-refractivity contribution in [3.05, 3.63) is 64.1 Å². The van der Waals surface area contributed by atoms with Crippen molar-refractivity contribution in [1.82, 2.24) is 25.4 Å². The summed E-state index contributed by atoms with van der Waals surface area (Å²) in [5.41, 5.74) is 1.23. The molecule has 3 aromatic rings. The quantitative estimate of drug-likeness (QED) is 0.481. The van der Waals surface area contributed by atoms with E-state index in [0.717, 1.165) is 31.6 Å². The molecule has 7 nitrogen and oxygen atoms in total. The van der Waals surface area contributed by atoms with Crippen LogP contribution in [0.4, 0.5) is 4.79 Å². The number of hydrogen-bond acceptors (Lipinski definition) is 6. The molecule has 1 fully saturated rings. The molecule has 31 heavy (non-hydrogen) atoms. The van der Waals surface area contributed by atoms with E-state index >= 15 is 0 Å². The van der Waals surface area contributed by atoms with E-state index in [1.165, 1.54) is 22.2 Å². The summed E-state index contributed by atoms with van der Waals surface area (Å²) in [6.07, 6.45) is 3.49. The molecule has 1 aliphatic carbocycles. The van der Waals surface area contributed by atoms with Crippen molar-refractivity contribution >= 4 is 35.0 Å². The maximum atomic E-state index is 12.5. The monoisotopic (exact) mass is 455 g/mol. The first-order valence-electron chi connectivity index (χ1n) is 10.3. The Morgan fingerprint density at radius 2 is 2.00 bits per heavy atom. The molecule has 0 spiro atoms. The Bertz CT molecular complexity index is 1020. The molecule has 0 saturated heterocycles. The number of thioether (sulfide) groups is 1. The average Bonchev–Trinajstić information content (AvgIpc) is 3.27. The third kappa shape index (κ3) is 6.18. The molecule has 4 rings (SSSR count). The van der Waals surface area contributed by atoms with Crippen molar-refractivity contribution < 1.29 is 9.59 Å². The number of amides is 3. The van der Waals surface area contributed by atoms with Gasteiger partial charge in [-0.1, -0.05) is 48.2 Å². The van der Waals surface area contributed by atoms with E-state index < -0.39 is 11.3 Å². The predicted molar refractivity (Wildman–Crippen MR) is 122 cm³/mol. The standard InChI is InChI=1S/C22H25N5O2S2/c1-15(20(28)24-21(29)23-17-9-10-17)31-22-26-25-19(14-18-8-5-13-30-18)27(22)12-11-16-6-3-2-4-7-16/h2-8,13,15,17H,9-12,14H2,1H3,(H2,23,24,28,29). The van der Waals surface area contributed by atoms with Gasteiger partial charge in [0.25, 0.3) is 0 Å². The zero-order chi connectivity index (χ0) is 21.6. The molecule has 9 heteroatoms. The van der Waals surface area contributed by atoms with Crippen molar-refractivity contribution in [2.45, 2.75) is 55.6 Å². The Labute approximate surface area is 189 Å². The van der Waals surface area contributed by atoms with E-state index in [1.807, 2.05) is 24.3 Å². The van der Waals surface area contributed by atoms with Crippen molar-refractivity contribution in [3.63, 3.8) is 0 Å². The lowest BCUT2D eigenvalue weighted by molar-refractivity contribution is -0.119. The van der Waals surface area contributed by atoms with E-state index in [9.17, 15) is 9.59 Å². The molecule has 1 aliphatic rings. The van der Waals surface area contributed by atoms with Crippen LogP contribution in [0.3, 0.4) is 0 Å². The fourth-order valence-electron chi connectivity index (χ4n) is 3.09. The Morgan fingerprint density at radius 1 is 1.19 bits per heavy atom. The first kappa shape index (κ1) is 21.6. The summed E-state index contributed by atoms with van der Waals surface area (Å²) < 4.78 is 2.09. The molecule has 3 amide bonds. The highest BCUT2D eigenvalue weighted by atomic mass is 32.2. The minimum Gasteiger partial charge on any atom is -0.335 e. The number of carbonyl (C=O) groups is 2. The molecule has 1 unspecified atom stereocenters. The number of rotatable bonds is 9. The van der Waals surface area contributed by atoms with Gasteiger partial charge in [0.15, 0.2) is 5.16 Å². The number of nitrogens with one attached hydrogen (secondary N) is 2. The van der Waals surface area contributed by atoms with E-state index in [4.69, 9.17) is 0 Å². The fraction of sp³-hybridized carbons (Fsp3) is 0.364. The van der Waals surface area contributed by atoms with Crippen LogP contribution >= 0.6 is 23.1 Å². The lowest BCUT2D eigenvalue weighted by Crippen LogP contribution is -2.43. The maximum Gasteiger partial charge on any atom is 0.321 e. The van der Waals surface area contributed by atoms with Gasteiger partial charge in [-0.2, -0.15) is 0 Å². The summed E-state index contributed by atoms with van der Waals surface area (Å²) in [6, 6.07) is 14.2. The molecule has 0 aliphatic heterocycles. The zero-order valence-electron chi connectivity index (χ0n) is 17.3. The lowest BCUT2D eigenvalue weighted by Gasteiger charge is -2.14. The van der Waals surface area contributed by atoms with Crippen LogP contribution < -0.4 is 10.6 Å². The van der Waals surface area contributed by atoms with Crippen LogP contribution in [-0.2, 0) is 24.2 Å². The fourth-order valence-corrected chi connectivity index (χ4v) is 4.69. The smallest absolute Gasteiger partial charge is 0.321 e. The summed E-state index contributed by atoms with van der Waals surface area (Å²) in [7, 11) is 0. The van der Waals surface area contributed by atoms with E-state index in [0.29, 0.717) is 11.6 Å². The Hall–Kier alpha value is -2.65. The largest absolute Gasteiger partial charge is 0.335 e. The van der Waals surface area contributed by atoms with Crippen LogP contribution in [0.2, 0.25) is 0 Å². The summed E-state index contributed by atoms with van der Waals surface area (Å²) in [5, 5.41) is 16.2. The van der Waals surface area contributed by atoms with Crippen LogP contribution in [0, 0.1) is 0 Å². The Morgan fingerprint density at radius 3 is 2.71 bits per heavy atom. The van der Waals surface area contributed by atoms with Gasteiger partial charge < -0.3 is 9.88 Å². The molecular formula is C22H25N5O2S2. The number of carbonyl (C=O) groups excluding carboxylic acids is 2. The number of urea groups is 1. The van der Waals surface area contributed by atoms with Gasteiger partial charge in [0, 0.05) is 23.9 Å². The third-order valence-electron chi connectivity index (χ3n) is 4.97. The highest BCUT2D eigenvalue weighted by Crippen LogP contribution is 2.25. The summed E-state index contributed by atoms with van der Waals surface area (Å²) in [5.74, 6) is 0.542. The summed E-state index contributed by atoms with van der Waals surface area (Å²) in [4.78, 5) is 25.6. The molecule has 1 saturated carbocycles. The van der Waals surface area contributed by atoms with E-state index in [2.05, 4.69) is 49.0 Å². The molecule has 1 aromatic carbocycles. The number of imide groups is 1. The number of aryl methyl sites for hydroxylation is 1. The van der Waals surface area contributed by atoms with Gasteiger partial charge in [-0.25, -0.2) is 4.79 Å². The molecule has 2 aromatic heterocycles. The molecule has 2 heterocycles. The van der Waals surface area contributed by atoms with Gasteiger partial charge in [0.1, 0.15) is 5.82 Å². The van der Waals surface area contributed by atoms with Gasteiger partial charge in [-0.3, -0.25) is 10.1 Å².